The summed E-state index contributed by atoms with van der Waals surface area (Å²) in [5.74, 6) is 1.22. The molecule has 7 nitrogen and oxygen atoms in total. The molecule has 0 saturated heterocycles. The molecule has 0 unspecified atom stereocenters. The minimum Gasteiger partial charge on any atom is -0.490 e. The number of hydrogen-bond acceptors (Lipinski definition) is 7. The maximum Gasteiger partial charge on any atom is 0.345 e. The number of carbonyl (C=O) groups excluding carboxylic acids is 1. The molecule has 0 saturated carbocycles. The Bertz CT molecular complexity index is 1130. The summed E-state index contributed by atoms with van der Waals surface area (Å²) < 4.78 is 25.1. The van der Waals surface area contributed by atoms with E-state index < -0.39 is 11.5 Å². The third-order valence-corrected chi connectivity index (χ3v) is 6.08. The highest BCUT2D eigenvalue weighted by Gasteiger charge is 2.28. The highest BCUT2D eigenvalue weighted by molar-refractivity contribution is 7.99. The molecule has 3 aromatic rings. The average molecular weight is 499 g/mol. The van der Waals surface area contributed by atoms with E-state index in [0.717, 1.165) is 15.5 Å². The number of nitrogens with zero attached hydrogens (tertiary/aromatic N) is 2. The van der Waals surface area contributed by atoms with Gasteiger partial charge in [0, 0.05) is 4.90 Å². The van der Waals surface area contributed by atoms with Crippen molar-refractivity contribution in [2.45, 2.75) is 63.8 Å². The lowest BCUT2D eigenvalue weighted by molar-refractivity contribution is 0.0702. The van der Waals surface area contributed by atoms with Crippen molar-refractivity contribution >= 4 is 17.7 Å². The molecule has 0 N–H and O–H groups in total. The van der Waals surface area contributed by atoms with Crippen LogP contribution in [0.25, 0.3) is 0 Å². The number of ether oxygens (including phenoxy) is 4. The second-order valence-electron chi connectivity index (χ2n) is 8.71. The lowest BCUT2D eigenvalue weighted by atomic mass is 10.1. The first-order valence-electron chi connectivity index (χ1n) is 11.8. The van der Waals surface area contributed by atoms with Crippen molar-refractivity contribution in [2.75, 3.05) is 19.8 Å². The predicted octanol–water partition coefficient (Wildman–Crippen LogP) is 6.51. The van der Waals surface area contributed by atoms with E-state index in [9.17, 15) is 4.79 Å². The third-order valence-electron chi connectivity index (χ3n) is 4.90. The summed E-state index contributed by atoms with van der Waals surface area (Å²) in [6.45, 7) is 14.9. The second-order valence-corrected chi connectivity index (χ2v) is 9.79. The molecule has 1 aromatic heterocycles. The van der Waals surface area contributed by atoms with Crippen LogP contribution < -0.4 is 18.9 Å². The maximum absolute atomic E-state index is 13.5. The Kier molecular flexibility index (Phi) is 8.72. The van der Waals surface area contributed by atoms with Gasteiger partial charge >= 0.3 is 5.97 Å². The van der Waals surface area contributed by atoms with Crippen LogP contribution in [-0.2, 0) is 5.54 Å². The van der Waals surface area contributed by atoms with Gasteiger partial charge in [0.15, 0.2) is 11.5 Å². The molecule has 3 rings (SSSR count). The fourth-order valence-electron chi connectivity index (χ4n) is 3.41. The van der Waals surface area contributed by atoms with Crippen molar-refractivity contribution in [1.29, 1.82) is 0 Å². The van der Waals surface area contributed by atoms with E-state index in [1.807, 2.05) is 78.8 Å². The molecule has 0 amide bonds. The Balaban J connectivity index is 2.05. The molecule has 8 heteroatoms. The molecule has 188 valence electrons. The summed E-state index contributed by atoms with van der Waals surface area (Å²) in [7, 11) is 0. The van der Waals surface area contributed by atoms with Gasteiger partial charge in [-0.25, -0.2) is 9.48 Å². The molecule has 35 heavy (non-hydrogen) atoms. The summed E-state index contributed by atoms with van der Waals surface area (Å²) in [4.78, 5) is 15.3. The molecule has 0 bridgehead atoms. The van der Waals surface area contributed by atoms with Gasteiger partial charge in [-0.3, -0.25) is 0 Å². The molecular weight excluding hydrogens is 464 g/mol. The van der Waals surface area contributed by atoms with Crippen LogP contribution in [0.3, 0.4) is 0 Å². The van der Waals surface area contributed by atoms with Crippen molar-refractivity contribution in [3.63, 3.8) is 0 Å². The Labute approximate surface area is 211 Å². The summed E-state index contributed by atoms with van der Waals surface area (Å²) in [6.07, 6.45) is 0. The van der Waals surface area contributed by atoms with E-state index in [1.54, 1.807) is 16.8 Å². The Morgan fingerprint density at radius 3 is 2.03 bits per heavy atom. The number of carbonyl (C=O) groups is 1. The summed E-state index contributed by atoms with van der Waals surface area (Å²) >= 11 is 1.52. The molecular formula is C27H34N2O5S. The van der Waals surface area contributed by atoms with Gasteiger partial charge in [-0.15, -0.1) is 0 Å². The minimum atomic E-state index is -0.532. The second kappa shape index (κ2) is 11.5. The third kappa shape index (κ3) is 6.31. The van der Waals surface area contributed by atoms with Gasteiger partial charge in [0.1, 0.15) is 0 Å². The fraction of sp³-hybridized carbons (Fsp3) is 0.407. The monoisotopic (exact) mass is 498 g/mol. The molecule has 0 aliphatic heterocycles. The van der Waals surface area contributed by atoms with E-state index in [2.05, 4.69) is 0 Å². The normalized spacial score (nSPS) is 11.3. The van der Waals surface area contributed by atoms with Crippen LogP contribution in [0.5, 0.6) is 23.1 Å². The summed E-state index contributed by atoms with van der Waals surface area (Å²) in [5, 5.41) is 4.71. The Morgan fingerprint density at radius 2 is 1.51 bits per heavy atom. The van der Waals surface area contributed by atoms with E-state index in [1.165, 1.54) is 11.8 Å². The molecule has 0 aliphatic rings. The zero-order valence-electron chi connectivity index (χ0n) is 21.5. The van der Waals surface area contributed by atoms with E-state index in [-0.39, 0.29) is 0 Å². The van der Waals surface area contributed by atoms with E-state index in [0.29, 0.717) is 48.5 Å². The average Bonchev–Trinajstić information content (AvgIpc) is 3.12. The van der Waals surface area contributed by atoms with Gasteiger partial charge < -0.3 is 18.9 Å². The smallest absolute Gasteiger partial charge is 0.345 e. The molecule has 1 heterocycles. The number of esters is 1. The molecule has 2 aromatic carbocycles. The number of aryl methyl sites for hydroxylation is 1. The first-order chi connectivity index (χ1) is 16.7. The highest BCUT2D eigenvalue weighted by Crippen LogP contribution is 2.42. The Morgan fingerprint density at radius 1 is 0.943 bits per heavy atom. The summed E-state index contributed by atoms with van der Waals surface area (Å²) in [6, 6.07) is 13.2. The minimum absolute atomic E-state index is 0.301. The standard InChI is InChI=1S/C27H34N2O5S/c1-8-31-21-16-19(17-22(32-9-2)23(21)33-10-3)26(30)34-25-24(35-20-14-12-11-13-15-20)18(4)28-29(25)27(5,6)7/h11-17H,8-10H2,1-7H3. The molecule has 0 fully saturated rings. The lowest BCUT2D eigenvalue weighted by Gasteiger charge is -2.22. The van der Waals surface area contributed by atoms with Crippen LogP contribution in [0.1, 0.15) is 57.6 Å². The fourth-order valence-corrected chi connectivity index (χ4v) is 4.35. The van der Waals surface area contributed by atoms with Gasteiger partial charge in [-0.1, -0.05) is 30.0 Å². The van der Waals surface area contributed by atoms with Crippen molar-refractivity contribution in [1.82, 2.24) is 9.78 Å². The zero-order valence-corrected chi connectivity index (χ0v) is 22.3. The van der Waals surface area contributed by atoms with Gasteiger partial charge in [0.25, 0.3) is 0 Å². The van der Waals surface area contributed by atoms with E-state index in [4.69, 9.17) is 24.0 Å². The first-order valence-corrected chi connectivity index (χ1v) is 12.6. The zero-order chi connectivity index (χ0) is 25.6. The molecule has 0 aliphatic carbocycles. The van der Waals surface area contributed by atoms with Crippen molar-refractivity contribution in [2.24, 2.45) is 0 Å². The van der Waals surface area contributed by atoms with Crippen LogP contribution in [0, 0.1) is 6.92 Å². The van der Waals surface area contributed by atoms with Crippen LogP contribution in [-0.4, -0.2) is 35.6 Å². The van der Waals surface area contributed by atoms with Crippen molar-refractivity contribution in [3.8, 4) is 23.1 Å². The molecule has 0 atom stereocenters. The Hall–Kier alpha value is -3.13. The molecule has 0 spiro atoms. The number of aromatic nitrogens is 2. The topological polar surface area (TPSA) is 71.8 Å². The van der Waals surface area contributed by atoms with Gasteiger partial charge in [-0.05, 0) is 72.7 Å². The van der Waals surface area contributed by atoms with Crippen LogP contribution in [0.4, 0.5) is 0 Å². The quantitative estimate of drug-likeness (QED) is 0.295. The van der Waals surface area contributed by atoms with E-state index >= 15 is 0 Å². The maximum atomic E-state index is 13.5. The molecule has 0 radical (unpaired) electrons. The first kappa shape index (κ1) is 26.5. The summed E-state index contributed by atoms with van der Waals surface area (Å²) in [5.41, 5.74) is 0.686. The number of hydrogen-bond donors (Lipinski definition) is 0. The van der Waals surface area contributed by atoms with Crippen molar-refractivity contribution < 1.29 is 23.7 Å². The lowest BCUT2D eigenvalue weighted by Crippen LogP contribution is -2.25. The highest BCUT2D eigenvalue weighted by atomic mass is 32.2. The van der Waals surface area contributed by atoms with Gasteiger partial charge in [-0.2, -0.15) is 5.10 Å². The van der Waals surface area contributed by atoms with Crippen molar-refractivity contribution in [3.05, 3.63) is 53.7 Å². The SMILES string of the molecule is CCOc1cc(C(=O)Oc2c(Sc3ccccc3)c(C)nn2C(C)(C)C)cc(OCC)c1OCC. The van der Waals surface area contributed by atoms with Crippen LogP contribution >= 0.6 is 11.8 Å². The van der Waals surface area contributed by atoms with Gasteiger partial charge in [0.05, 0.1) is 41.5 Å². The van der Waals surface area contributed by atoms with Crippen LogP contribution in [0.2, 0.25) is 0 Å². The van der Waals surface area contributed by atoms with Gasteiger partial charge in [0.2, 0.25) is 11.6 Å². The van der Waals surface area contributed by atoms with Crippen LogP contribution in [0.15, 0.2) is 52.3 Å². The predicted molar refractivity (Wildman–Crippen MR) is 137 cm³/mol. The number of benzene rings is 2. The largest absolute Gasteiger partial charge is 0.490 e. The number of rotatable bonds is 10.